The number of carbonyl (C=O) groups is 2. The van der Waals surface area contributed by atoms with Gasteiger partial charge in [-0.2, -0.15) is 0 Å². The lowest BCUT2D eigenvalue weighted by atomic mass is 10.3. The fourth-order valence-electron chi connectivity index (χ4n) is 0.351. The van der Waals surface area contributed by atoms with Crippen LogP contribution in [0.25, 0.3) is 0 Å². The summed E-state index contributed by atoms with van der Waals surface area (Å²) in [5, 5.41) is 2.12. The maximum atomic E-state index is 10.7. The molecule has 0 aromatic carbocycles. The van der Waals surface area contributed by atoms with E-state index in [0.29, 0.717) is 0 Å². The van der Waals surface area contributed by atoms with Crippen molar-refractivity contribution in [3.8, 4) is 0 Å². The van der Waals surface area contributed by atoms with Crippen molar-refractivity contribution in [1.82, 2.24) is 0 Å². The summed E-state index contributed by atoms with van der Waals surface area (Å²) >= 11 is 10.1. The average molecular weight is 198 g/mol. The molecule has 0 saturated carbocycles. The van der Waals surface area contributed by atoms with Crippen LogP contribution < -0.4 is 0 Å². The van der Waals surface area contributed by atoms with Crippen molar-refractivity contribution in [2.75, 3.05) is 13.0 Å². The maximum Gasteiger partial charge on any atom is 0.278 e. The molecular weight excluding hydrogens is 193 g/mol. The van der Waals surface area contributed by atoms with Crippen LogP contribution in [-0.2, 0) is 14.4 Å². The molecule has 0 radical (unpaired) electrons. The minimum absolute atomic E-state index is 0.347. The van der Waals surface area contributed by atoms with Crippen LogP contribution >= 0.6 is 23.2 Å². The highest BCUT2D eigenvalue weighted by Crippen LogP contribution is 1.92. The molecule has 0 aromatic rings. The van der Waals surface area contributed by atoms with E-state index in [-0.39, 0.29) is 5.88 Å². The first kappa shape index (κ1) is 10.4. The molecule has 11 heavy (non-hydrogen) atoms. The molecule has 62 valence electrons. The number of hydrogen-bond acceptors (Lipinski definition) is 4. The van der Waals surface area contributed by atoms with E-state index < -0.39 is 16.7 Å². The van der Waals surface area contributed by atoms with Gasteiger partial charge in [0.25, 0.3) is 5.24 Å². The van der Waals surface area contributed by atoms with Crippen LogP contribution in [0.3, 0.4) is 0 Å². The number of rotatable bonds is 4. The van der Waals surface area contributed by atoms with Crippen LogP contribution in [0.1, 0.15) is 0 Å². The summed E-state index contributed by atoms with van der Waals surface area (Å²) in [6.07, 6.45) is 0. The molecule has 0 atom stereocenters. The van der Waals surface area contributed by atoms with E-state index >= 15 is 0 Å². The molecule has 0 heterocycles. The van der Waals surface area contributed by atoms with Crippen molar-refractivity contribution in [1.29, 1.82) is 0 Å². The second-order valence-corrected chi connectivity index (χ2v) is 2.06. The Hall–Kier alpha value is -0.610. The smallest absolute Gasteiger partial charge is 0.278 e. The van der Waals surface area contributed by atoms with E-state index in [1.165, 1.54) is 7.11 Å². The second-order valence-electron chi connectivity index (χ2n) is 1.45. The molecule has 0 rings (SSSR count). The Morgan fingerprint density at radius 1 is 1.55 bits per heavy atom. The third kappa shape index (κ3) is 3.34. The van der Waals surface area contributed by atoms with Gasteiger partial charge in [-0.1, -0.05) is 5.16 Å². The van der Waals surface area contributed by atoms with Crippen molar-refractivity contribution in [2.24, 2.45) is 5.16 Å². The largest absolute Gasteiger partial charge is 0.398 e. The summed E-state index contributed by atoms with van der Waals surface area (Å²) in [6.45, 7) is 0. The number of nitrogens with zero attached hydrogens (tertiary/aromatic N) is 1. The topological polar surface area (TPSA) is 55.7 Å². The van der Waals surface area contributed by atoms with Gasteiger partial charge in [-0.15, -0.1) is 11.6 Å². The van der Waals surface area contributed by atoms with E-state index in [4.69, 9.17) is 23.2 Å². The van der Waals surface area contributed by atoms with Gasteiger partial charge in [-0.25, -0.2) is 0 Å². The lowest BCUT2D eigenvalue weighted by Gasteiger charge is -1.93. The first-order valence-electron chi connectivity index (χ1n) is 2.53. The third-order valence-corrected chi connectivity index (χ3v) is 1.18. The molecule has 0 aromatic heterocycles. The van der Waals surface area contributed by atoms with Gasteiger partial charge < -0.3 is 4.84 Å². The van der Waals surface area contributed by atoms with E-state index in [1.54, 1.807) is 0 Å². The Morgan fingerprint density at radius 2 is 2.09 bits per heavy atom. The average Bonchev–Trinajstić information content (AvgIpc) is 1.98. The van der Waals surface area contributed by atoms with Crippen molar-refractivity contribution in [3.63, 3.8) is 0 Å². The Bertz CT molecular complexity index is 202. The molecular formula is C5H5Cl2NO3. The molecule has 4 nitrogen and oxygen atoms in total. The van der Waals surface area contributed by atoms with Crippen molar-refractivity contribution >= 4 is 39.9 Å². The number of alkyl halides is 1. The monoisotopic (exact) mass is 197 g/mol. The maximum absolute atomic E-state index is 10.7. The van der Waals surface area contributed by atoms with Crippen molar-refractivity contribution < 1.29 is 14.4 Å². The number of carbonyl (C=O) groups excluding carboxylic acids is 2. The van der Waals surface area contributed by atoms with Gasteiger partial charge in [0.1, 0.15) is 7.11 Å². The number of oxime groups is 1. The lowest BCUT2D eigenvalue weighted by molar-refractivity contribution is -0.113. The Balaban J connectivity index is 4.48. The van der Waals surface area contributed by atoms with E-state index in [0.717, 1.165) is 0 Å². The highest BCUT2D eigenvalue weighted by molar-refractivity contribution is 6.91. The summed E-state index contributed by atoms with van der Waals surface area (Å²) < 4.78 is 0. The summed E-state index contributed by atoms with van der Waals surface area (Å²) in [6, 6.07) is 0. The normalized spacial score (nSPS) is 11.0. The van der Waals surface area contributed by atoms with Gasteiger partial charge in [0.15, 0.2) is 0 Å². The minimum Gasteiger partial charge on any atom is -0.398 e. The van der Waals surface area contributed by atoms with E-state index in [1.807, 2.05) is 0 Å². The fraction of sp³-hybridized carbons (Fsp3) is 0.400. The van der Waals surface area contributed by atoms with Gasteiger partial charge in [-0.05, 0) is 11.6 Å². The first-order chi connectivity index (χ1) is 5.13. The van der Waals surface area contributed by atoms with Gasteiger partial charge in [0.05, 0.1) is 5.88 Å². The summed E-state index contributed by atoms with van der Waals surface area (Å²) in [7, 11) is 1.20. The Morgan fingerprint density at radius 3 is 2.36 bits per heavy atom. The molecule has 6 heteroatoms. The fourth-order valence-corrected chi connectivity index (χ4v) is 0.617. The first-order valence-corrected chi connectivity index (χ1v) is 3.44. The predicted octanol–water partition coefficient (Wildman–Crippen LogP) is 0.562. The van der Waals surface area contributed by atoms with Crippen molar-refractivity contribution in [2.45, 2.75) is 0 Å². The Labute approximate surface area is 73.1 Å². The highest BCUT2D eigenvalue weighted by atomic mass is 35.5. The van der Waals surface area contributed by atoms with Gasteiger partial charge in [-0.3, -0.25) is 9.59 Å². The zero-order valence-electron chi connectivity index (χ0n) is 5.63. The number of ketones is 1. The zero-order valence-corrected chi connectivity index (χ0v) is 7.15. The zero-order chi connectivity index (χ0) is 8.85. The number of Topliss-reactive ketones (excluding diaryl/α,β-unsaturated/α-hetero) is 1. The third-order valence-electron chi connectivity index (χ3n) is 0.754. The van der Waals surface area contributed by atoms with Crippen LogP contribution in [0, 0.1) is 0 Å². The molecule has 0 aliphatic heterocycles. The molecule has 0 fully saturated rings. The van der Waals surface area contributed by atoms with Gasteiger partial charge >= 0.3 is 0 Å². The van der Waals surface area contributed by atoms with Crippen LogP contribution in [0.5, 0.6) is 0 Å². The predicted molar refractivity (Wildman–Crippen MR) is 41.0 cm³/mol. The van der Waals surface area contributed by atoms with Crippen molar-refractivity contribution in [3.05, 3.63) is 0 Å². The standard InChI is InChI=1S/C5H5Cl2NO3/c1-11-8-4(5(7)10)3(9)2-6/h2H2,1H3. The molecule has 0 saturated heterocycles. The van der Waals surface area contributed by atoms with Crippen LogP contribution in [0.4, 0.5) is 0 Å². The molecule has 0 N–H and O–H groups in total. The van der Waals surface area contributed by atoms with Crippen LogP contribution in [-0.4, -0.2) is 29.7 Å². The van der Waals surface area contributed by atoms with Crippen LogP contribution in [0.15, 0.2) is 5.16 Å². The van der Waals surface area contributed by atoms with Gasteiger partial charge in [0.2, 0.25) is 11.5 Å². The molecule has 0 amide bonds. The Kier molecular flexibility index (Phi) is 4.81. The molecule has 0 spiro atoms. The number of hydrogen-bond donors (Lipinski definition) is 0. The molecule has 0 aliphatic rings. The minimum atomic E-state index is -0.975. The lowest BCUT2D eigenvalue weighted by Crippen LogP contribution is -2.21. The molecule has 0 unspecified atom stereocenters. The summed E-state index contributed by atoms with van der Waals surface area (Å²) in [4.78, 5) is 25.3. The molecule has 0 bridgehead atoms. The molecule has 0 aliphatic carbocycles. The van der Waals surface area contributed by atoms with E-state index in [9.17, 15) is 9.59 Å². The van der Waals surface area contributed by atoms with Gasteiger partial charge in [0, 0.05) is 0 Å². The van der Waals surface area contributed by atoms with Crippen LogP contribution in [0.2, 0.25) is 0 Å². The SMILES string of the molecule is CON=C(C(=O)Cl)C(=O)CCl. The summed E-state index contributed by atoms with van der Waals surface area (Å²) in [5.41, 5.74) is -0.482. The number of halogens is 2. The highest BCUT2D eigenvalue weighted by Gasteiger charge is 2.17. The summed E-state index contributed by atoms with van der Waals surface area (Å²) in [5.74, 6) is -1.01. The van der Waals surface area contributed by atoms with E-state index in [2.05, 4.69) is 9.99 Å². The quantitative estimate of drug-likeness (QED) is 0.218. The second kappa shape index (κ2) is 5.09.